The molecule has 2 aromatic rings. The van der Waals surface area contributed by atoms with E-state index in [2.05, 4.69) is 48.6 Å². The van der Waals surface area contributed by atoms with Gasteiger partial charge in [0, 0.05) is 5.02 Å². The van der Waals surface area contributed by atoms with Crippen LogP contribution in [0.1, 0.15) is 35.2 Å². The molecule has 1 nitrogen and oxygen atoms in total. The Hall–Kier alpha value is -1.31. The van der Waals surface area contributed by atoms with Crippen LogP contribution in [-0.2, 0) is 6.42 Å². The standard InChI is InChI=1S/C17H20ClN/c1-4-13-8-10-14(11-9-13)17(19-3)15-7-5-6-12(2)16(15)18/h5-11,17,19H,4H2,1-3H3. The van der Waals surface area contributed by atoms with Crippen LogP contribution >= 0.6 is 11.6 Å². The van der Waals surface area contributed by atoms with Gasteiger partial charge in [-0.15, -0.1) is 0 Å². The molecule has 0 aromatic heterocycles. The predicted octanol–water partition coefficient (Wildman–Crippen LogP) is 4.52. The fraction of sp³-hybridized carbons (Fsp3) is 0.294. The van der Waals surface area contributed by atoms with Crippen LogP contribution in [0.2, 0.25) is 5.02 Å². The topological polar surface area (TPSA) is 12.0 Å². The van der Waals surface area contributed by atoms with E-state index >= 15 is 0 Å². The summed E-state index contributed by atoms with van der Waals surface area (Å²) in [5.74, 6) is 0. The van der Waals surface area contributed by atoms with E-state index in [-0.39, 0.29) is 6.04 Å². The van der Waals surface area contributed by atoms with E-state index in [1.165, 1.54) is 11.1 Å². The quantitative estimate of drug-likeness (QED) is 0.864. The molecule has 2 heteroatoms. The van der Waals surface area contributed by atoms with Crippen molar-refractivity contribution in [1.29, 1.82) is 0 Å². The number of benzene rings is 2. The Morgan fingerprint density at radius 3 is 2.37 bits per heavy atom. The van der Waals surface area contributed by atoms with Crippen molar-refractivity contribution in [2.24, 2.45) is 0 Å². The molecule has 0 aliphatic rings. The molecule has 2 rings (SSSR count). The number of nitrogens with one attached hydrogen (secondary N) is 1. The lowest BCUT2D eigenvalue weighted by Crippen LogP contribution is -2.18. The molecule has 0 spiro atoms. The van der Waals surface area contributed by atoms with Gasteiger partial charge < -0.3 is 5.32 Å². The number of hydrogen-bond donors (Lipinski definition) is 1. The molecule has 0 saturated carbocycles. The fourth-order valence-electron chi connectivity index (χ4n) is 2.34. The first-order valence-electron chi connectivity index (χ1n) is 6.68. The highest BCUT2D eigenvalue weighted by atomic mass is 35.5. The van der Waals surface area contributed by atoms with Crippen molar-refractivity contribution < 1.29 is 0 Å². The third-order valence-electron chi connectivity index (χ3n) is 3.54. The first kappa shape index (κ1) is 14.1. The summed E-state index contributed by atoms with van der Waals surface area (Å²) in [5, 5.41) is 4.20. The summed E-state index contributed by atoms with van der Waals surface area (Å²) < 4.78 is 0. The van der Waals surface area contributed by atoms with Crippen LogP contribution in [0.25, 0.3) is 0 Å². The summed E-state index contributed by atoms with van der Waals surface area (Å²) in [6.07, 6.45) is 1.07. The van der Waals surface area contributed by atoms with Gasteiger partial charge in [0.1, 0.15) is 0 Å². The zero-order valence-corrected chi connectivity index (χ0v) is 12.5. The highest BCUT2D eigenvalue weighted by molar-refractivity contribution is 6.32. The van der Waals surface area contributed by atoms with Crippen molar-refractivity contribution in [3.05, 3.63) is 69.7 Å². The Balaban J connectivity index is 2.40. The molecule has 2 aromatic carbocycles. The van der Waals surface area contributed by atoms with Gasteiger partial charge >= 0.3 is 0 Å². The smallest absolute Gasteiger partial charge is 0.0589 e. The normalized spacial score (nSPS) is 12.4. The Kier molecular flexibility index (Phi) is 4.62. The SMILES string of the molecule is CCc1ccc(C(NC)c2cccc(C)c2Cl)cc1. The van der Waals surface area contributed by atoms with Crippen LogP contribution < -0.4 is 5.32 Å². The summed E-state index contributed by atoms with van der Waals surface area (Å²) in [6.45, 7) is 4.21. The Labute approximate surface area is 120 Å². The van der Waals surface area contributed by atoms with Crippen LogP contribution in [-0.4, -0.2) is 7.05 Å². The molecule has 19 heavy (non-hydrogen) atoms. The number of hydrogen-bond acceptors (Lipinski definition) is 1. The molecule has 1 atom stereocenters. The maximum absolute atomic E-state index is 6.44. The van der Waals surface area contributed by atoms with Crippen molar-refractivity contribution in [1.82, 2.24) is 5.32 Å². The molecule has 0 bridgehead atoms. The molecule has 0 fully saturated rings. The zero-order chi connectivity index (χ0) is 13.8. The lowest BCUT2D eigenvalue weighted by Gasteiger charge is -2.19. The van der Waals surface area contributed by atoms with Gasteiger partial charge in [0.25, 0.3) is 0 Å². The molecule has 1 N–H and O–H groups in total. The van der Waals surface area contributed by atoms with Crippen LogP contribution in [0, 0.1) is 6.92 Å². The Bertz CT molecular complexity index is 546. The van der Waals surface area contributed by atoms with Crippen molar-refractivity contribution in [2.75, 3.05) is 7.05 Å². The lowest BCUT2D eigenvalue weighted by molar-refractivity contribution is 0.691. The minimum atomic E-state index is 0.137. The third-order valence-corrected chi connectivity index (χ3v) is 4.06. The van der Waals surface area contributed by atoms with Crippen LogP contribution in [0.5, 0.6) is 0 Å². The van der Waals surface area contributed by atoms with E-state index in [0.29, 0.717) is 0 Å². The van der Waals surface area contributed by atoms with Gasteiger partial charge in [-0.3, -0.25) is 0 Å². The summed E-state index contributed by atoms with van der Waals surface area (Å²) >= 11 is 6.44. The molecule has 0 amide bonds. The lowest BCUT2D eigenvalue weighted by atomic mass is 9.96. The number of aryl methyl sites for hydroxylation is 2. The van der Waals surface area contributed by atoms with Gasteiger partial charge in [0.2, 0.25) is 0 Å². The van der Waals surface area contributed by atoms with E-state index in [1.807, 2.05) is 20.0 Å². The minimum absolute atomic E-state index is 0.137. The second kappa shape index (κ2) is 6.23. The van der Waals surface area contributed by atoms with E-state index < -0.39 is 0 Å². The molecule has 1 unspecified atom stereocenters. The van der Waals surface area contributed by atoms with Gasteiger partial charge in [-0.2, -0.15) is 0 Å². The highest BCUT2D eigenvalue weighted by Crippen LogP contribution is 2.30. The molecule has 0 heterocycles. The fourth-order valence-corrected chi connectivity index (χ4v) is 2.58. The molecule has 0 aliphatic carbocycles. The highest BCUT2D eigenvalue weighted by Gasteiger charge is 2.15. The molecule has 0 saturated heterocycles. The van der Waals surface area contributed by atoms with Gasteiger partial charge in [-0.25, -0.2) is 0 Å². The van der Waals surface area contributed by atoms with E-state index in [9.17, 15) is 0 Å². The molecule has 0 radical (unpaired) electrons. The van der Waals surface area contributed by atoms with Crippen molar-refractivity contribution in [3.8, 4) is 0 Å². The van der Waals surface area contributed by atoms with Crippen molar-refractivity contribution in [2.45, 2.75) is 26.3 Å². The van der Waals surface area contributed by atoms with E-state index in [1.54, 1.807) is 0 Å². The number of rotatable bonds is 4. The average molecular weight is 274 g/mol. The second-order valence-corrected chi connectivity index (χ2v) is 5.17. The van der Waals surface area contributed by atoms with Gasteiger partial charge in [0.15, 0.2) is 0 Å². The van der Waals surface area contributed by atoms with Crippen LogP contribution in [0.3, 0.4) is 0 Å². The molecule has 100 valence electrons. The zero-order valence-electron chi connectivity index (χ0n) is 11.7. The summed E-state index contributed by atoms with van der Waals surface area (Å²) in [6, 6.07) is 15.0. The van der Waals surface area contributed by atoms with Crippen LogP contribution in [0.4, 0.5) is 0 Å². The van der Waals surface area contributed by atoms with E-state index in [0.717, 1.165) is 22.6 Å². The second-order valence-electron chi connectivity index (χ2n) is 4.79. The molecule has 0 aliphatic heterocycles. The first-order valence-corrected chi connectivity index (χ1v) is 7.06. The molecular formula is C17H20ClN. The summed E-state index contributed by atoms with van der Waals surface area (Å²) in [4.78, 5) is 0. The minimum Gasteiger partial charge on any atom is -0.309 e. The Morgan fingerprint density at radius 2 is 1.79 bits per heavy atom. The third kappa shape index (κ3) is 2.99. The maximum atomic E-state index is 6.44. The maximum Gasteiger partial charge on any atom is 0.0589 e. The summed E-state index contributed by atoms with van der Waals surface area (Å²) in [7, 11) is 1.97. The predicted molar refractivity (Wildman–Crippen MR) is 82.9 cm³/mol. The summed E-state index contributed by atoms with van der Waals surface area (Å²) in [5.41, 5.74) is 4.85. The monoisotopic (exact) mass is 273 g/mol. The largest absolute Gasteiger partial charge is 0.309 e. The average Bonchev–Trinajstić information content (AvgIpc) is 2.45. The Morgan fingerprint density at radius 1 is 1.11 bits per heavy atom. The van der Waals surface area contributed by atoms with Crippen LogP contribution in [0.15, 0.2) is 42.5 Å². The van der Waals surface area contributed by atoms with Gasteiger partial charge in [-0.1, -0.05) is 61.0 Å². The van der Waals surface area contributed by atoms with Crippen molar-refractivity contribution >= 4 is 11.6 Å². The molecular weight excluding hydrogens is 254 g/mol. The van der Waals surface area contributed by atoms with Crippen molar-refractivity contribution in [3.63, 3.8) is 0 Å². The van der Waals surface area contributed by atoms with E-state index in [4.69, 9.17) is 11.6 Å². The first-order chi connectivity index (χ1) is 9.17. The van der Waals surface area contributed by atoms with Gasteiger partial charge in [-0.05, 0) is 42.6 Å². The number of halogens is 1. The van der Waals surface area contributed by atoms with Gasteiger partial charge in [0.05, 0.1) is 6.04 Å².